The Kier molecular flexibility index (Phi) is 5.29. The summed E-state index contributed by atoms with van der Waals surface area (Å²) < 4.78 is 0. The fourth-order valence-corrected chi connectivity index (χ4v) is 3.27. The van der Waals surface area contributed by atoms with Gasteiger partial charge in [-0.15, -0.1) is 0 Å². The SMILES string of the molecule is CC1CN(C/C=C/CS)CC(C)S1. The van der Waals surface area contributed by atoms with E-state index in [4.69, 9.17) is 0 Å². The molecule has 0 amide bonds. The largest absolute Gasteiger partial charge is 0.298 e. The standard InChI is InChI=1S/C10H19NS2/c1-9-7-11(5-3-4-6-12)8-10(2)13-9/h3-4,9-10,12H,5-8H2,1-2H3/b4-3+. The van der Waals surface area contributed by atoms with Gasteiger partial charge in [0.2, 0.25) is 0 Å². The van der Waals surface area contributed by atoms with Crippen molar-refractivity contribution in [3.05, 3.63) is 12.2 Å². The Labute approximate surface area is 91.4 Å². The first-order chi connectivity index (χ1) is 6.22. The van der Waals surface area contributed by atoms with Crippen molar-refractivity contribution in [2.24, 2.45) is 0 Å². The summed E-state index contributed by atoms with van der Waals surface area (Å²) in [5.41, 5.74) is 0. The Bertz CT molecular complexity index is 160. The molecule has 0 aromatic rings. The molecule has 2 unspecified atom stereocenters. The topological polar surface area (TPSA) is 3.24 Å². The first kappa shape index (κ1) is 11.5. The molecule has 0 bridgehead atoms. The number of nitrogens with zero attached hydrogens (tertiary/aromatic N) is 1. The highest BCUT2D eigenvalue weighted by Crippen LogP contribution is 2.24. The van der Waals surface area contributed by atoms with Crippen LogP contribution in [-0.4, -0.2) is 40.8 Å². The zero-order valence-electron chi connectivity index (χ0n) is 8.44. The van der Waals surface area contributed by atoms with Crippen molar-refractivity contribution in [1.82, 2.24) is 4.90 Å². The van der Waals surface area contributed by atoms with Crippen LogP contribution in [0, 0.1) is 0 Å². The highest BCUT2D eigenvalue weighted by atomic mass is 32.2. The van der Waals surface area contributed by atoms with Gasteiger partial charge in [-0.2, -0.15) is 24.4 Å². The van der Waals surface area contributed by atoms with E-state index in [-0.39, 0.29) is 0 Å². The van der Waals surface area contributed by atoms with Gasteiger partial charge in [-0.25, -0.2) is 0 Å². The van der Waals surface area contributed by atoms with Crippen LogP contribution in [0.15, 0.2) is 12.2 Å². The third-order valence-corrected chi connectivity index (χ3v) is 3.57. The van der Waals surface area contributed by atoms with E-state index in [1.54, 1.807) is 0 Å². The highest BCUT2D eigenvalue weighted by molar-refractivity contribution is 8.00. The smallest absolute Gasteiger partial charge is 0.0164 e. The lowest BCUT2D eigenvalue weighted by atomic mass is 10.3. The molecule has 1 fully saturated rings. The van der Waals surface area contributed by atoms with E-state index in [1.807, 2.05) is 0 Å². The Balaban J connectivity index is 2.28. The van der Waals surface area contributed by atoms with Crippen molar-refractivity contribution < 1.29 is 0 Å². The van der Waals surface area contributed by atoms with E-state index in [2.05, 4.69) is 55.3 Å². The average molecular weight is 217 g/mol. The molecule has 1 rings (SSSR count). The third-order valence-electron chi connectivity index (χ3n) is 2.13. The van der Waals surface area contributed by atoms with Crippen LogP contribution < -0.4 is 0 Å². The lowest BCUT2D eigenvalue weighted by Crippen LogP contribution is -2.40. The van der Waals surface area contributed by atoms with Gasteiger partial charge in [0.25, 0.3) is 0 Å². The van der Waals surface area contributed by atoms with Crippen LogP contribution in [0.25, 0.3) is 0 Å². The minimum absolute atomic E-state index is 0.785. The molecule has 1 aliphatic rings. The molecule has 1 heterocycles. The summed E-state index contributed by atoms with van der Waals surface area (Å²) in [6.07, 6.45) is 4.35. The number of hydrogen-bond acceptors (Lipinski definition) is 3. The van der Waals surface area contributed by atoms with Crippen LogP contribution in [-0.2, 0) is 0 Å². The predicted molar refractivity (Wildman–Crippen MR) is 65.9 cm³/mol. The molecule has 0 spiro atoms. The molecule has 1 aliphatic heterocycles. The van der Waals surface area contributed by atoms with Crippen LogP contribution in [0.5, 0.6) is 0 Å². The summed E-state index contributed by atoms with van der Waals surface area (Å²) in [6, 6.07) is 0. The Morgan fingerprint density at radius 1 is 1.31 bits per heavy atom. The molecule has 1 saturated heterocycles. The molecule has 0 radical (unpaired) electrons. The van der Waals surface area contributed by atoms with Gasteiger partial charge < -0.3 is 0 Å². The Morgan fingerprint density at radius 3 is 2.46 bits per heavy atom. The minimum atomic E-state index is 0.785. The Morgan fingerprint density at radius 2 is 1.92 bits per heavy atom. The molecule has 76 valence electrons. The normalized spacial score (nSPS) is 31.3. The molecular formula is C10H19NS2. The lowest BCUT2D eigenvalue weighted by Gasteiger charge is -2.33. The van der Waals surface area contributed by atoms with Crippen LogP contribution in [0.4, 0.5) is 0 Å². The maximum atomic E-state index is 4.14. The van der Waals surface area contributed by atoms with Crippen LogP contribution >= 0.6 is 24.4 Å². The van der Waals surface area contributed by atoms with Gasteiger partial charge in [0.15, 0.2) is 0 Å². The van der Waals surface area contributed by atoms with E-state index >= 15 is 0 Å². The highest BCUT2D eigenvalue weighted by Gasteiger charge is 2.20. The summed E-state index contributed by atoms with van der Waals surface area (Å²) in [4.78, 5) is 2.52. The number of rotatable bonds is 3. The molecule has 0 aliphatic carbocycles. The lowest BCUT2D eigenvalue weighted by molar-refractivity contribution is 0.299. The van der Waals surface area contributed by atoms with Crippen molar-refractivity contribution in [3.8, 4) is 0 Å². The quantitative estimate of drug-likeness (QED) is 0.571. The van der Waals surface area contributed by atoms with Gasteiger partial charge in [-0.3, -0.25) is 4.90 Å². The maximum Gasteiger partial charge on any atom is 0.0164 e. The van der Waals surface area contributed by atoms with Crippen molar-refractivity contribution in [2.75, 3.05) is 25.4 Å². The van der Waals surface area contributed by atoms with E-state index in [9.17, 15) is 0 Å². The second-order valence-corrected chi connectivity index (χ2v) is 5.88. The van der Waals surface area contributed by atoms with Crippen molar-refractivity contribution in [2.45, 2.75) is 24.3 Å². The van der Waals surface area contributed by atoms with E-state index in [0.29, 0.717) is 0 Å². The summed E-state index contributed by atoms with van der Waals surface area (Å²) in [6.45, 7) is 8.18. The van der Waals surface area contributed by atoms with Gasteiger partial charge in [0.05, 0.1) is 0 Å². The fraction of sp³-hybridized carbons (Fsp3) is 0.800. The molecule has 3 heteroatoms. The van der Waals surface area contributed by atoms with Crippen LogP contribution in [0.3, 0.4) is 0 Å². The monoisotopic (exact) mass is 217 g/mol. The first-order valence-corrected chi connectivity index (χ1v) is 6.43. The maximum absolute atomic E-state index is 4.14. The molecule has 1 nitrogen and oxygen atoms in total. The van der Waals surface area contributed by atoms with Crippen molar-refractivity contribution in [3.63, 3.8) is 0 Å². The number of thioether (sulfide) groups is 1. The minimum Gasteiger partial charge on any atom is -0.298 e. The van der Waals surface area contributed by atoms with Crippen molar-refractivity contribution in [1.29, 1.82) is 0 Å². The van der Waals surface area contributed by atoms with E-state index in [0.717, 1.165) is 22.8 Å². The predicted octanol–water partition coefficient (Wildman–Crippen LogP) is 2.30. The van der Waals surface area contributed by atoms with Gasteiger partial charge >= 0.3 is 0 Å². The van der Waals surface area contributed by atoms with E-state index in [1.165, 1.54) is 13.1 Å². The summed E-state index contributed by atoms with van der Waals surface area (Å²) in [7, 11) is 0. The molecule has 0 aromatic carbocycles. The van der Waals surface area contributed by atoms with Gasteiger partial charge in [-0.1, -0.05) is 26.0 Å². The van der Waals surface area contributed by atoms with Gasteiger partial charge in [0, 0.05) is 35.9 Å². The number of hydrogen-bond donors (Lipinski definition) is 1. The molecule has 13 heavy (non-hydrogen) atoms. The molecule has 0 aromatic heterocycles. The molecule has 0 N–H and O–H groups in total. The summed E-state index contributed by atoms with van der Waals surface area (Å²) in [5.74, 6) is 0.855. The van der Waals surface area contributed by atoms with Gasteiger partial charge in [-0.05, 0) is 0 Å². The summed E-state index contributed by atoms with van der Waals surface area (Å²) in [5, 5.41) is 1.57. The Hall–Kier alpha value is 0.400. The third kappa shape index (κ3) is 4.43. The molecule has 2 atom stereocenters. The fourth-order valence-electron chi connectivity index (χ4n) is 1.73. The first-order valence-electron chi connectivity index (χ1n) is 4.86. The zero-order chi connectivity index (χ0) is 9.68. The van der Waals surface area contributed by atoms with Crippen molar-refractivity contribution >= 4 is 24.4 Å². The zero-order valence-corrected chi connectivity index (χ0v) is 10.2. The van der Waals surface area contributed by atoms with E-state index < -0.39 is 0 Å². The molecular weight excluding hydrogens is 198 g/mol. The second kappa shape index (κ2) is 5.99. The number of thiol groups is 1. The second-order valence-electron chi connectivity index (χ2n) is 3.63. The summed E-state index contributed by atoms with van der Waals surface area (Å²) >= 11 is 6.25. The van der Waals surface area contributed by atoms with Crippen LogP contribution in [0.2, 0.25) is 0 Å². The average Bonchev–Trinajstić information content (AvgIpc) is 2.03. The van der Waals surface area contributed by atoms with Crippen LogP contribution in [0.1, 0.15) is 13.8 Å². The van der Waals surface area contributed by atoms with Gasteiger partial charge in [0.1, 0.15) is 0 Å². The molecule has 0 saturated carbocycles.